The Morgan fingerprint density at radius 1 is 1.50 bits per heavy atom. The van der Waals surface area contributed by atoms with E-state index in [-0.39, 0.29) is 11.6 Å². The molecule has 2 aromatic rings. The minimum atomic E-state index is -0.258. The van der Waals surface area contributed by atoms with Gasteiger partial charge in [0.2, 0.25) is 5.78 Å². The van der Waals surface area contributed by atoms with Crippen molar-refractivity contribution in [3.05, 3.63) is 36.2 Å². The number of carbonyl (C=O) groups excluding carboxylic acids is 1. The van der Waals surface area contributed by atoms with Crippen LogP contribution in [-0.2, 0) is 0 Å². The van der Waals surface area contributed by atoms with Crippen molar-refractivity contribution in [2.45, 2.75) is 6.92 Å². The number of nitrogens with one attached hydrogen (secondary N) is 1. The number of H-pyrrole nitrogens is 1. The Kier molecular flexibility index (Phi) is 2.90. The van der Waals surface area contributed by atoms with Crippen LogP contribution in [0.4, 0.5) is 0 Å². The van der Waals surface area contributed by atoms with Gasteiger partial charge in [-0.2, -0.15) is 5.10 Å². The number of hydrogen-bond donors (Lipinski definition) is 1. The summed E-state index contributed by atoms with van der Waals surface area (Å²) in [5.41, 5.74) is 0.419. The van der Waals surface area contributed by atoms with Crippen molar-refractivity contribution in [3.8, 4) is 5.75 Å². The maximum absolute atomic E-state index is 11.8. The predicted octanol–water partition coefficient (Wildman–Crippen LogP) is 0.829. The average molecular weight is 218 g/mol. The molecular weight excluding hydrogens is 208 g/mol. The van der Waals surface area contributed by atoms with E-state index in [4.69, 9.17) is 4.74 Å². The van der Waals surface area contributed by atoms with Crippen LogP contribution < -0.4 is 4.74 Å². The summed E-state index contributed by atoms with van der Waals surface area (Å²) in [4.78, 5) is 19.5. The van der Waals surface area contributed by atoms with Gasteiger partial charge in [-0.3, -0.25) is 14.9 Å². The number of aromatic amines is 1. The molecule has 6 heteroatoms. The van der Waals surface area contributed by atoms with E-state index in [1.807, 2.05) is 6.92 Å². The van der Waals surface area contributed by atoms with Crippen molar-refractivity contribution in [1.29, 1.82) is 0 Å². The largest absolute Gasteiger partial charge is 0.492 e. The first kappa shape index (κ1) is 10.3. The van der Waals surface area contributed by atoms with E-state index < -0.39 is 0 Å². The van der Waals surface area contributed by atoms with E-state index in [2.05, 4.69) is 20.2 Å². The van der Waals surface area contributed by atoms with Crippen molar-refractivity contribution < 1.29 is 9.53 Å². The van der Waals surface area contributed by atoms with Gasteiger partial charge < -0.3 is 4.74 Å². The molecule has 0 fully saturated rings. The van der Waals surface area contributed by atoms with Crippen LogP contribution in [-0.4, -0.2) is 32.6 Å². The smallest absolute Gasteiger partial charge is 0.231 e. The monoisotopic (exact) mass is 218 g/mol. The molecule has 0 bridgehead atoms. The summed E-state index contributed by atoms with van der Waals surface area (Å²) in [5, 5.41) is 6.13. The number of ether oxygens (including phenoxy) is 1. The number of carbonyl (C=O) groups is 1. The predicted molar refractivity (Wildman–Crippen MR) is 55.2 cm³/mol. The Labute approximate surface area is 91.7 Å². The first-order valence-corrected chi connectivity index (χ1v) is 4.79. The first-order valence-electron chi connectivity index (χ1n) is 4.79. The molecule has 0 unspecified atom stereocenters. The van der Waals surface area contributed by atoms with Gasteiger partial charge in [0.05, 0.1) is 12.8 Å². The first-order chi connectivity index (χ1) is 7.81. The average Bonchev–Trinajstić information content (AvgIpc) is 2.82. The summed E-state index contributed by atoms with van der Waals surface area (Å²) in [5.74, 6) is 0.495. The van der Waals surface area contributed by atoms with Crippen molar-refractivity contribution in [1.82, 2.24) is 20.2 Å². The third kappa shape index (κ3) is 2.05. The zero-order valence-electron chi connectivity index (χ0n) is 8.67. The summed E-state index contributed by atoms with van der Waals surface area (Å²) >= 11 is 0. The number of pyridine rings is 1. The lowest BCUT2D eigenvalue weighted by Crippen LogP contribution is -2.05. The van der Waals surface area contributed by atoms with Crippen LogP contribution in [0.5, 0.6) is 5.75 Å². The molecule has 0 aliphatic rings. The Bertz CT molecular complexity index is 481. The molecule has 0 saturated heterocycles. The number of hydrogen-bond acceptors (Lipinski definition) is 5. The summed E-state index contributed by atoms with van der Waals surface area (Å²) < 4.78 is 5.25. The standard InChI is InChI=1S/C10H10N4O2/c1-2-16-8-3-7(4-11-5-8)9(15)10-12-6-13-14-10/h3-6H,2H2,1H3,(H,12,13,14). The van der Waals surface area contributed by atoms with Crippen LogP contribution in [0.1, 0.15) is 23.1 Å². The fourth-order valence-electron chi connectivity index (χ4n) is 1.24. The fourth-order valence-corrected chi connectivity index (χ4v) is 1.24. The van der Waals surface area contributed by atoms with Gasteiger partial charge in [-0.05, 0) is 13.0 Å². The molecule has 0 aliphatic heterocycles. The van der Waals surface area contributed by atoms with Gasteiger partial charge in [0.15, 0.2) is 5.82 Å². The number of aromatic nitrogens is 4. The van der Waals surface area contributed by atoms with Crippen molar-refractivity contribution in [2.24, 2.45) is 0 Å². The Balaban J connectivity index is 2.27. The zero-order valence-corrected chi connectivity index (χ0v) is 8.67. The van der Waals surface area contributed by atoms with Crippen LogP contribution in [0.2, 0.25) is 0 Å². The minimum Gasteiger partial charge on any atom is -0.492 e. The third-order valence-electron chi connectivity index (χ3n) is 1.92. The molecule has 2 aromatic heterocycles. The lowest BCUT2D eigenvalue weighted by Gasteiger charge is -2.03. The normalized spacial score (nSPS) is 10.1. The summed E-state index contributed by atoms with van der Waals surface area (Å²) in [6.45, 7) is 2.40. The Morgan fingerprint density at radius 3 is 3.06 bits per heavy atom. The molecule has 0 atom stereocenters. The molecule has 0 saturated carbocycles. The Morgan fingerprint density at radius 2 is 2.38 bits per heavy atom. The van der Waals surface area contributed by atoms with Gasteiger partial charge in [0, 0.05) is 11.8 Å². The van der Waals surface area contributed by atoms with Gasteiger partial charge in [0.1, 0.15) is 12.1 Å². The molecule has 82 valence electrons. The molecule has 0 radical (unpaired) electrons. The van der Waals surface area contributed by atoms with Gasteiger partial charge in [-0.1, -0.05) is 0 Å². The molecule has 6 nitrogen and oxygen atoms in total. The second-order valence-electron chi connectivity index (χ2n) is 3.01. The Hall–Kier alpha value is -2.24. The highest BCUT2D eigenvalue weighted by molar-refractivity contribution is 6.06. The molecule has 16 heavy (non-hydrogen) atoms. The molecular formula is C10H10N4O2. The van der Waals surface area contributed by atoms with Crippen LogP contribution >= 0.6 is 0 Å². The zero-order chi connectivity index (χ0) is 11.4. The lowest BCUT2D eigenvalue weighted by atomic mass is 10.2. The number of ketones is 1. The van der Waals surface area contributed by atoms with Crippen molar-refractivity contribution in [2.75, 3.05) is 6.61 Å². The molecule has 0 amide bonds. The quantitative estimate of drug-likeness (QED) is 0.769. The van der Waals surface area contributed by atoms with E-state index in [0.717, 1.165) is 0 Å². The van der Waals surface area contributed by atoms with E-state index >= 15 is 0 Å². The minimum absolute atomic E-state index is 0.190. The summed E-state index contributed by atoms with van der Waals surface area (Å²) in [6, 6.07) is 1.63. The van der Waals surface area contributed by atoms with Gasteiger partial charge in [0.25, 0.3) is 0 Å². The van der Waals surface area contributed by atoms with Crippen LogP contribution in [0.15, 0.2) is 24.8 Å². The van der Waals surface area contributed by atoms with Crippen molar-refractivity contribution in [3.63, 3.8) is 0 Å². The number of nitrogens with zero attached hydrogens (tertiary/aromatic N) is 3. The summed E-state index contributed by atoms with van der Waals surface area (Å²) in [6.07, 6.45) is 4.31. The fraction of sp³-hybridized carbons (Fsp3) is 0.200. The molecule has 2 heterocycles. The van der Waals surface area contributed by atoms with Crippen molar-refractivity contribution >= 4 is 5.78 Å². The molecule has 2 rings (SSSR count). The number of rotatable bonds is 4. The lowest BCUT2D eigenvalue weighted by molar-refractivity contribution is 0.102. The molecule has 0 aromatic carbocycles. The summed E-state index contributed by atoms with van der Waals surface area (Å²) in [7, 11) is 0. The van der Waals surface area contributed by atoms with E-state index in [9.17, 15) is 4.79 Å². The second kappa shape index (κ2) is 4.52. The van der Waals surface area contributed by atoms with Crippen LogP contribution in [0.3, 0.4) is 0 Å². The van der Waals surface area contributed by atoms with E-state index in [1.54, 1.807) is 12.3 Å². The van der Waals surface area contributed by atoms with Gasteiger partial charge >= 0.3 is 0 Å². The van der Waals surface area contributed by atoms with Crippen LogP contribution in [0.25, 0.3) is 0 Å². The van der Waals surface area contributed by atoms with E-state index in [1.165, 1.54) is 12.5 Å². The van der Waals surface area contributed by atoms with Crippen LogP contribution in [0, 0.1) is 0 Å². The SMILES string of the molecule is CCOc1cncc(C(=O)c2ncn[nH]2)c1. The van der Waals surface area contributed by atoms with E-state index in [0.29, 0.717) is 17.9 Å². The van der Waals surface area contributed by atoms with Gasteiger partial charge in [-0.25, -0.2) is 4.98 Å². The highest BCUT2D eigenvalue weighted by atomic mass is 16.5. The topological polar surface area (TPSA) is 80.8 Å². The second-order valence-corrected chi connectivity index (χ2v) is 3.01. The highest BCUT2D eigenvalue weighted by Crippen LogP contribution is 2.13. The van der Waals surface area contributed by atoms with Gasteiger partial charge in [-0.15, -0.1) is 0 Å². The maximum atomic E-state index is 11.8. The third-order valence-corrected chi connectivity index (χ3v) is 1.92. The maximum Gasteiger partial charge on any atom is 0.231 e. The molecule has 0 aliphatic carbocycles. The molecule has 1 N–H and O–H groups in total. The highest BCUT2D eigenvalue weighted by Gasteiger charge is 2.12. The molecule has 0 spiro atoms.